The lowest BCUT2D eigenvalue weighted by atomic mass is 10.1. The summed E-state index contributed by atoms with van der Waals surface area (Å²) in [5, 5.41) is 4.14. The number of anilines is 1. The van der Waals surface area contributed by atoms with Gasteiger partial charge in [-0.1, -0.05) is 6.07 Å². The number of amides is 2. The summed E-state index contributed by atoms with van der Waals surface area (Å²) in [7, 11) is 0. The largest absolute Gasteiger partial charge is 0.366 e. The first-order chi connectivity index (χ1) is 9.49. The van der Waals surface area contributed by atoms with Crippen LogP contribution in [0, 0.1) is 5.82 Å². The van der Waals surface area contributed by atoms with E-state index in [-0.39, 0.29) is 11.3 Å². The second kappa shape index (κ2) is 5.81. The van der Waals surface area contributed by atoms with E-state index in [1.165, 1.54) is 23.5 Å². The number of hydrogen-bond donors (Lipinski definition) is 3. The highest BCUT2D eigenvalue weighted by atomic mass is 32.1. The maximum Gasteiger partial charge on any atom is 0.248 e. The van der Waals surface area contributed by atoms with Gasteiger partial charge in [0.1, 0.15) is 11.9 Å². The van der Waals surface area contributed by atoms with Crippen LogP contribution in [0.25, 0.3) is 0 Å². The van der Waals surface area contributed by atoms with E-state index in [9.17, 15) is 14.0 Å². The van der Waals surface area contributed by atoms with Gasteiger partial charge in [-0.05, 0) is 29.6 Å². The number of primary amides is 1. The van der Waals surface area contributed by atoms with Crippen molar-refractivity contribution in [3.8, 4) is 0 Å². The molecule has 2 aromatic rings. The first-order valence-corrected chi connectivity index (χ1v) is 6.56. The standard InChI is InChI=1S/C13H12FN3O2S/c14-8-4-3-7(12(16)18)6-9(8)17-13(19)11(15)10-2-1-5-20-10/h1-6,11H,15H2,(H2,16,18)(H,17,19). The lowest BCUT2D eigenvalue weighted by molar-refractivity contribution is -0.117. The molecule has 0 bridgehead atoms. The molecule has 0 spiro atoms. The van der Waals surface area contributed by atoms with E-state index < -0.39 is 23.7 Å². The molecule has 1 aromatic carbocycles. The molecule has 104 valence electrons. The highest BCUT2D eigenvalue weighted by Crippen LogP contribution is 2.21. The fourth-order valence-corrected chi connectivity index (χ4v) is 2.31. The van der Waals surface area contributed by atoms with Gasteiger partial charge < -0.3 is 16.8 Å². The molecular weight excluding hydrogens is 281 g/mol. The maximum absolute atomic E-state index is 13.6. The Labute approximate surface area is 118 Å². The summed E-state index contributed by atoms with van der Waals surface area (Å²) >= 11 is 1.33. The van der Waals surface area contributed by atoms with Crippen LogP contribution < -0.4 is 16.8 Å². The van der Waals surface area contributed by atoms with Crippen molar-refractivity contribution in [3.63, 3.8) is 0 Å². The van der Waals surface area contributed by atoms with Crippen molar-refractivity contribution in [3.05, 3.63) is 52.0 Å². The van der Waals surface area contributed by atoms with Crippen molar-refractivity contribution in [1.29, 1.82) is 0 Å². The summed E-state index contributed by atoms with van der Waals surface area (Å²) in [5.74, 6) is -1.93. The lowest BCUT2D eigenvalue weighted by Gasteiger charge is -2.12. The Morgan fingerprint density at radius 2 is 2.05 bits per heavy atom. The average molecular weight is 293 g/mol. The van der Waals surface area contributed by atoms with Gasteiger partial charge in [0.2, 0.25) is 11.8 Å². The minimum absolute atomic E-state index is 0.103. The molecule has 0 saturated heterocycles. The predicted molar refractivity (Wildman–Crippen MR) is 74.8 cm³/mol. The summed E-state index contributed by atoms with van der Waals surface area (Å²) in [5.41, 5.74) is 10.8. The van der Waals surface area contributed by atoms with E-state index in [1.807, 2.05) is 0 Å². The molecule has 2 rings (SSSR count). The van der Waals surface area contributed by atoms with Crippen LogP contribution in [-0.2, 0) is 4.79 Å². The van der Waals surface area contributed by atoms with E-state index in [2.05, 4.69) is 5.32 Å². The predicted octanol–water partition coefficient (Wildman–Crippen LogP) is 1.62. The van der Waals surface area contributed by atoms with Crippen molar-refractivity contribution in [1.82, 2.24) is 0 Å². The third-order valence-electron chi connectivity index (χ3n) is 2.64. The van der Waals surface area contributed by atoms with E-state index in [0.717, 1.165) is 6.07 Å². The lowest BCUT2D eigenvalue weighted by Crippen LogP contribution is -2.27. The van der Waals surface area contributed by atoms with Gasteiger partial charge >= 0.3 is 0 Å². The molecule has 0 fully saturated rings. The van der Waals surface area contributed by atoms with Gasteiger partial charge in [-0.2, -0.15) is 0 Å². The van der Waals surface area contributed by atoms with Gasteiger partial charge in [0.25, 0.3) is 0 Å². The summed E-state index contributed by atoms with van der Waals surface area (Å²) in [6.45, 7) is 0. The van der Waals surface area contributed by atoms with Crippen molar-refractivity contribution < 1.29 is 14.0 Å². The average Bonchev–Trinajstić information content (AvgIpc) is 2.94. The van der Waals surface area contributed by atoms with E-state index in [1.54, 1.807) is 17.5 Å². The number of nitrogens with two attached hydrogens (primary N) is 2. The molecule has 1 heterocycles. The third kappa shape index (κ3) is 3.01. The third-order valence-corrected chi connectivity index (χ3v) is 3.60. The fourth-order valence-electron chi connectivity index (χ4n) is 1.58. The molecule has 7 heteroatoms. The number of rotatable bonds is 4. The van der Waals surface area contributed by atoms with Gasteiger partial charge in [0.15, 0.2) is 0 Å². The normalized spacial score (nSPS) is 11.9. The molecule has 5 N–H and O–H groups in total. The van der Waals surface area contributed by atoms with E-state index in [0.29, 0.717) is 4.88 Å². The van der Waals surface area contributed by atoms with Gasteiger partial charge in [-0.25, -0.2) is 4.39 Å². The number of thiophene rings is 1. The second-order valence-corrected chi connectivity index (χ2v) is 5.02. The highest BCUT2D eigenvalue weighted by molar-refractivity contribution is 7.10. The molecular formula is C13H12FN3O2S. The van der Waals surface area contributed by atoms with Crippen molar-refractivity contribution in [2.24, 2.45) is 11.5 Å². The number of halogens is 1. The van der Waals surface area contributed by atoms with Crippen LogP contribution in [0.4, 0.5) is 10.1 Å². The van der Waals surface area contributed by atoms with Crippen molar-refractivity contribution in [2.75, 3.05) is 5.32 Å². The number of carbonyl (C=O) groups excluding carboxylic acids is 2. The topological polar surface area (TPSA) is 98.2 Å². The van der Waals surface area contributed by atoms with E-state index in [4.69, 9.17) is 11.5 Å². The Kier molecular flexibility index (Phi) is 4.11. The summed E-state index contributed by atoms with van der Waals surface area (Å²) in [6.07, 6.45) is 0. The molecule has 0 saturated carbocycles. The molecule has 5 nitrogen and oxygen atoms in total. The van der Waals surface area contributed by atoms with Crippen LogP contribution in [0.3, 0.4) is 0 Å². The van der Waals surface area contributed by atoms with Gasteiger partial charge in [0, 0.05) is 10.4 Å². The molecule has 20 heavy (non-hydrogen) atoms. The SMILES string of the molecule is NC(=O)c1ccc(F)c(NC(=O)C(N)c2cccs2)c1. The Morgan fingerprint density at radius 3 is 2.65 bits per heavy atom. The molecule has 0 aliphatic heterocycles. The summed E-state index contributed by atoms with van der Waals surface area (Å²) < 4.78 is 13.6. The van der Waals surface area contributed by atoms with Gasteiger partial charge in [0.05, 0.1) is 5.69 Å². The zero-order valence-corrected chi connectivity index (χ0v) is 11.1. The number of benzene rings is 1. The molecule has 0 aliphatic carbocycles. The number of carbonyl (C=O) groups is 2. The molecule has 0 radical (unpaired) electrons. The summed E-state index contributed by atoms with van der Waals surface area (Å²) in [4.78, 5) is 23.6. The fraction of sp³-hybridized carbons (Fsp3) is 0.0769. The zero-order chi connectivity index (χ0) is 14.7. The van der Waals surface area contributed by atoms with Crippen molar-refractivity contribution >= 4 is 28.8 Å². The Bertz CT molecular complexity index is 643. The molecule has 1 atom stereocenters. The quantitative estimate of drug-likeness (QED) is 0.799. The van der Waals surface area contributed by atoms with Gasteiger partial charge in [-0.15, -0.1) is 11.3 Å². The second-order valence-electron chi connectivity index (χ2n) is 4.04. The van der Waals surface area contributed by atoms with E-state index >= 15 is 0 Å². The monoisotopic (exact) mass is 293 g/mol. The van der Waals surface area contributed by atoms with Crippen LogP contribution in [0.15, 0.2) is 35.7 Å². The minimum atomic E-state index is -0.897. The van der Waals surface area contributed by atoms with Crippen molar-refractivity contribution in [2.45, 2.75) is 6.04 Å². The molecule has 2 amide bonds. The Balaban J connectivity index is 2.19. The molecule has 1 unspecified atom stereocenters. The number of nitrogens with one attached hydrogen (secondary N) is 1. The van der Waals surface area contributed by atoms with Crippen LogP contribution in [0.1, 0.15) is 21.3 Å². The zero-order valence-electron chi connectivity index (χ0n) is 10.3. The molecule has 0 aliphatic rings. The molecule has 1 aromatic heterocycles. The highest BCUT2D eigenvalue weighted by Gasteiger charge is 2.18. The van der Waals surface area contributed by atoms with Crippen LogP contribution in [0.2, 0.25) is 0 Å². The summed E-state index contributed by atoms with van der Waals surface area (Å²) in [6, 6.07) is 6.06. The minimum Gasteiger partial charge on any atom is -0.366 e. The van der Waals surface area contributed by atoms with Gasteiger partial charge in [-0.3, -0.25) is 9.59 Å². The number of hydrogen-bond acceptors (Lipinski definition) is 4. The van der Waals surface area contributed by atoms with Crippen LogP contribution >= 0.6 is 11.3 Å². The first-order valence-electron chi connectivity index (χ1n) is 5.68. The maximum atomic E-state index is 13.6. The smallest absolute Gasteiger partial charge is 0.248 e. The Hall–Kier alpha value is -2.25. The Morgan fingerprint density at radius 1 is 1.30 bits per heavy atom. The first kappa shape index (κ1) is 14.2. The van der Waals surface area contributed by atoms with Crippen LogP contribution in [0.5, 0.6) is 0 Å². The van der Waals surface area contributed by atoms with Crippen LogP contribution in [-0.4, -0.2) is 11.8 Å².